The first-order chi connectivity index (χ1) is 7.77. The lowest BCUT2D eigenvalue weighted by atomic mass is 10.4. The summed E-state index contributed by atoms with van der Waals surface area (Å²) in [4.78, 5) is 17.9. The number of nitrogens with one attached hydrogen (secondary N) is 1. The third-order valence-electron chi connectivity index (χ3n) is 1.97. The molecule has 1 aliphatic rings. The molecule has 0 radical (unpaired) electrons. The second-order valence-corrected chi connectivity index (χ2v) is 3.01. The lowest BCUT2D eigenvalue weighted by Crippen LogP contribution is -2.33. The molecule has 0 fully saturated rings. The van der Waals surface area contributed by atoms with Gasteiger partial charge in [-0.1, -0.05) is 0 Å². The summed E-state index contributed by atoms with van der Waals surface area (Å²) in [7, 11) is 0. The van der Waals surface area contributed by atoms with E-state index in [0.717, 1.165) is 5.69 Å². The van der Waals surface area contributed by atoms with Gasteiger partial charge in [-0.15, -0.1) is 0 Å². The summed E-state index contributed by atoms with van der Waals surface area (Å²) in [6.45, 7) is 0.288. The van der Waals surface area contributed by atoms with E-state index in [9.17, 15) is 10.1 Å². The van der Waals surface area contributed by atoms with Gasteiger partial charge in [-0.25, -0.2) is 5.43 Å². The number of pyridine rings is 1. The molecule has 2 rings (SSSR count). The number of hydrazine groups is 1. The molecule has 82 valence electrons. The fourth-order valence-corrected chi connectivity index (χ4v) is 1.23. The minimum absolute atomic E-state index is 0.0678. The second-order valence-electron chi connectivity index (χ2n) is 3.01. The summed E-state index contributed by atoms with van der Waals surface area (Å²) in [5, 5.41) is 12.2. The van der Waals surface area contributed by atoms with Crippen molar-refractivity contribution in [2.45, 2.75) is 0 Å². The predicted molar refractivity (Wildman–Crippen MR) is 58.3 cm³/mol. The van der Waals surface area contributed by atoms with E-state index in [1.54, 1.807) is 29.5 Å². The van der Waals surface area contributed by atoms with Crippen molar-refractivity contribution in [3.63, 3.8) is 0 Å². The maximum atomic E-state index is 10.7. The Hall–Kier alpha value is -2.28. The molecule has 7 heteroatoms. The molecule has 0 amide bonds. The molecule has 0 aliphatic carbocycles. The topological polar surface area (TPSA) is 83.7 Å². The molecule has 1 N–H and O–H groups in total. The molecule has 7 nitrogen and oxygen atoms in total. The molecule has 0 bridgehead atoms. The van der Waals surface area contributed by atoms with Gasteiger partial charge in [0.2, 0.25) is 0 Å². The fraction of sp³-hybridized carbons (Fsp3) is 0.111. The van der Waals surface area contributed by atoms with Gasteiger partial charge in [0.1, 0.15) is 19.1 Å². The summed E-state index contributed by atoms with van der Waals surface area (Å²) in [6, 6.07) is 3.48. The third kappa shape index (κ3) is 2.20. The van der Waals surface area contributed by atoms with Gasteiger partial charge in [0.15, 0.2) is 0 Å². The lowest BCUT2D eigenvalue weighted by Gasteiger charge is -2.18. The normalized spacial score (nSPS) is 15.5. The number of aliphatic imine (C=N–C) groups is 1. The Bertz CT molecular complexity index is 442. The van der Waals surface area contributed by atoms with E-state index in [0.29, 0.717) is 0 Å². The number of allylic oxidation sites excluding steroid dienone is 1. The van der Waals surface area contributed by atoms with Crippen LogP contribution in [0.4, 0.5) is 5.69 Å². The highest BCUT2D eigenvalue weighted by Gasteiger charge is 2.14. The summed E-state index contributed by atoms with van der Waals surface area (Å²) < 4.78 is 0. The van der Waals surface area contributed by atoms with Crippen molar-refractivity contribution in [3.8, 4) is 0 Å². The lowest BCUT2D eigenvalue weighted by molar-refractivity contribution is -0.414. The number of aromatic nitrogens is 1. The van der Waals surface area contributed by atoms with Crippen molar-refractivity contribution in [2.24, 2.45) is 4.99 Å². The van der Waals surface area contributed by atoms with E-state index < -0.39 is 4.92 Å². The number of anilines is 1. The van der Waals surface area contributed by atoms with Crippen LogP contribution < -0.4 is 10.4 Å². The Labute approximate surface area is 91.2 Å². The molecule has 16 heavy (non-hydrogen) atoms. The molecule has 1 aromatic rings. The Morgan fingerprint density at radius 3 is 2.88 bits per heavy atom. The summed E-state index contributed by atoms with van der Waals surface area (Å²) >= 11 is 0. The van der Waals surface area contributed by atoms with Crippen molar-refractivity contribution >= 4 is 11.9 Å². The maximum absolute atomic E-state index is 10.7. The summed E-state index contributed by atoms with van der Waals surface area (Å²) in [5.41, 5.74) is 3.61. The van der Waals surface area contributed by atoms with Gasteiger partial charge in [0, 0.05) is 12.4 Å². The van der Waals surface area contributed by atoms with Crippen LogP contribution in [0, 0.1) is 10.1 Å². The van der Waals surface area contributed by atoms with E-state index in [1.807, 2.05) is 0 Å². The molecule has 0 aromatic carbocycles. The maximum Gasteiger partial charge on any atom is 0.304 e. The van der Waals surface area contributed by atoms with Gasteiger partial charge >= 0.3 is 5.70 Å². The number of nitrogens with zero attached hydrogens (tertiary/aromatic N) is 4. The van der Waals surface area contributed by atoms with Gasteiger partial charge in [-0.3, -0.25) is 25.1 Å². The zero-order valence-electron chi connectivity index (χ0n) is 8.28. The molecule has 0 saturated heterocycles. The first-order valence-corrected chi connectivity index (χ1v) is 4.56. The highest BCUT2D eigenvalue weighted by Crippen LogP contribution is 2.12. The molecule has 1 aliphatic heterocycles. The van der Waals surface area contributed by atoms with E-state index >= 15 is 0 Å². The van der Waals surface area contributed by atoms with Gasteiger partial charge in [0.05, 0.1) is 10.6 Å². The standard InChI is InChI=1S/C9H9N5O2/c15-14(16)9-5-11-7-12-13(6-9)8-1-3-10-4-2-8/h1-6,12H,7H2. The number of hydrogen-bond acceptors (Lipinski definition) is 6. The minimum atomic E-state index is -0.481. The predicted octanol–water partition coefficient (Wildman–Crippen LogP) is 0.553. The quantitative estimate of drug-likeness (QED) is 0.580. The fourth-order valence-electron chi connectivity index (χ4n) is 1.23. The van der Waals surface area contributed by atoms with Gasteiger partial charge in [-0.05, 0) is 12.1 Å². The largest absolute Gasteiger partial charge is 0.304 e. The SMILES string of the molecule is O=[N+]([O-])C1=CN(c2ccncc2)NCN=C1. The highest BCUT2D eigenvalue weighted by molar-refractivity contribution is 5.76. The van der Waals surface area contributed by atoms with E-state index in [-0.39, 0.29) is 12.4 Å². The van der Waals surface area contributed by atoms with Crippen molar-refractivity contribution in [1.29, 1.82) is 0 Å². The van der Waals surface area contributed by atoms with Crippen LogP contribution in [0.5, 0.6) is 0 Å². The van der Waals surface area contributed by atoms with Crippen LogP contribution in [0.2, 0.25) is 0 Å². The van der Waals surface area contributed by atoms with E-state index in [1.165, 1.54) is 12.4 Å². The molecule has 0 atom stereocenters. The Morgan fingerprint density at radius 2 is 2.19 bits per heavy atom. The first kappa shape index (κ1) is 10.2. The molecule has 1 aromatic heterocycles. The molecule has 2 heterocycles. The Morgan fingerprint density at radius 1 is 1.44 bits per heavy atom. The first-order valence-electron chi connectivity index (χ1n) is 4.56. The molecule has 0 unspecified atom stereocenters. The second kappa shape index (κ2) is 4.49. The number of hydrogen-bond donors (Lipinski definition) is 1. The number of rotatable bonds is 2. The van der Waals surface area contributed by atoms with Crippen molar-refractivity contribution in [2.75, 3.05) is 11.7 Å². The van der Waals surface area contributed by atoms with Gasteiger partial charge in [-0.2, -0.15) is 0 Å². The van der Waals surface area contributed by atoms with Crippen LogP contribution in [0.15, 0.2) is 41.4 Å². The monoisotopic (exact) mass is 219 g/mol. The Kier molecular flexibility index (Phi) is 2.88. The average Bonchev–Trinajstić information content (AvgIpc) is 2.56. The summed E-state index contributed by atoms with van der Waals surface area (Å²) in [5.74, 6) is 0. The van der Waals surface area contributed by atoms with Crippen molar-refractivity contribution in [3.05, 3.63) is 46.5 Å². The van der Waals surface area contributed by atoms with Crippen LogP contribution in [0.25, 0.3) is 0 Å². The van der Waals surface area contributed by atoms with E-state index in [2.05, 4.69) is 15.4 Å². The highest BCUT2D eigenvalue weighted by atomic mass is 16.6. The molecular weight excluding hydrogens is 210 g/mol. The van der Waals surface area contributed by atoms with Crippen LogP contribution in [-0.2, 0) is 0 Å². The Balaban J connectivity index is 2.29. The van der Waals surface area contributed by atoms with Crippen LogP contribution in [-0.4, -0.2) is 22.8 Å². The molecule has 0 spiro atoms. The van der Waals surface area contributed by atoms with Crippen LogP contribution in [0.3, 0.4) is 0 Å². The average molecular weight is 219 g/mol. The van der Waals surface area contributed by atoms with Crippen molar-refractivity contribution < 1.29 is 4.92 Å². The van der Waals surface area contributed by atoms with Crippen molar-refractivity contribution in [1.82, 2.24) is 10.4 Å². The van der Waals surface area contributed by atoms with Crippen LogP contribution >= 0.6 is 0 Å². The molecular formula is C9H9N5O2. The summed E-state index contributed by atoms with van der Waals surface area (Å²) in [6.07, 6.45) is 5.84. The smallest absolute Gasteiger partial charge is 0.275 e. The number of nitro groups is 1. The third-order valence-corrected chi connectivity index (χ3v) is 1.97. The minimum Gasteiger partial charge on any atom is -0.275 e. The van der Waals surface area contributed by atoms with Gasteiger partial charge in [0.25, 0.3) is 0 Å². The van der Waals surface area contributed by atoms with E-state index in [4.69, 9.17) is 0 Å². The van der Waals surface area contributed by atoms with Crippen LogP contribution in [0.1, 0.15) is 0 Å². The zero-order valence-corrected chi connectivity index (χ0v) is 8.28. The zero-order chi connectivity index (χ0) is 11.4. The molecule has 0 saturated carbocycles. The van der Waals surface area contributed by atoms with Gasteiger partial charge < -0.3 is 0 Å².